The van der Waals surface area contributed by atoms with Crippen molar-refractivity contribution in [2.75, 3.05) is 11.4 Å². The van der Waals surface area contributed by atoms with Crippen molar-refractivity contribution in [1.82, 2.24) is 0 Å². The first-order valence-electron chi connectivity index (χ1n) is 7.34. The van der Waals surface area contributed by atoms with Crippen LogP contribution in [0.3, 0.4) is 0 Å². The molecular weight excluding hydrogens is 244 g/mol. The van der Waals surface area contributed by atoms with Crippen LogP contribution in [-0.4, -0.2) is 6.54 Å². The highest BCUT2D eigenvalue weighted by Crippen LogP contribution is 2.35. The SMILES string of the molecule is Cc1cc(N2CC(C)Cc3ccccc32)ccc1CN. The molecule has 1 unspecified atom stereocenters. The van der Waals surface area contributed by atoms with E-state index in [-0.39, 0.29) is 0 Å². The van der Waals surface area contributed by atoms with Gasteiger partial charge < -0.3 is 10.6 Å². The highest BCUT2D eigenvalue weighted by atomic mass is 15.1. The number of anilines is 2. The Morgan fingerprint density at radius 2 is 2.00 bits per heavy atom. The summed E-state index contributed by atoms with van der Waals surface area (Å²) in [5.41, 5.74) is 12.4. The third-order valence-electron chi connectivity index (χ3n) is 4.20. The Labute approximate surface area is 121 Å². The van der Waals surface area contributed by atoms with Crippen LogP contribution in [0.5, 0.6) is 0 Å². The lowest BCUT2D eigenvalue weighted by Gasteiger charge is -2.35. The summed E-state index contributed by atoms with van der Waals surface area (Å²) >= 11 is 0. The second kappa shape index (κ2) is 5.29. The molecule has 0 spiro atoms. The van der Waals surface area contributed by atoms with Crippen LogP contribution >= 0.6 is 0 Å². The minimum absolute atomic E-state index is 0.610. The Balaban J connectivity index is 2.04. The zero-order chi connectivity index (χ0) is 14.1. The molecule has 1 heterocycles. The van der Waals surface area contributed by atoms with Gasteiger partial charge in [0, 0.05) is 24.5 Å². The van der Waals surface area contributed by atoms with Crippen molar-refractivity contribution in [2.24, 2.45) is 11.7 Å². The molecule has 2 aromatic carbocycles. The number of hydrogen-bond donors (Lipinski definition) is 1. The van der Waals surface area contributed by atoms with Crippen LogP contribution in [-0.2, 0) is 13.0 Å². The fourth-order valence-electron chi connectivity index (χ4n) is 3.12. The summed E-state index contributed by atoms with van der Waals surface area (Å²) < 4.78 is 0. The molecule has 0 aromatic heterocycles. The molecule has 0 radical (unpaired) electrons. The molecule has 0 fully saturated rings. The number of nitrogens with two attached hydrogens (primary N) is 1. The van der Waals surface area contributed by atoms with Gasteiger partial charge in [-0.25, -0.2) is 0 Å². The molecule has 1 aliphatic heterocycles. The summed E-state index contributed by atoms with van der Waals surface area (Å²) in [6, 6.07) is 15.4. The fraction of sp³-hybridized carbons (Fsp3) is 0.333. The van der Waals surface area contributed by atoms with Gasteiger partial charge in [-0.15, -0.1) is 0 Å². The van der Waals surface area contributed by atoms with Crippen molar-refractivity contribution in [2.45, 2.75) is 26.8 Å². The molecule has 0 saturated carbocycles. The second-order valence-electron chi connectivity index (χ2n) is 5.86. The Morgan fingerprint density at radius 1 is 1.20 bits per heavy atom. The van der Waals surface area contributed by atoms with E-state index in [0.29, 0.717) is 12.5 Å². The van der Waals surface area contributed by atoms with Crippen molar-refractivity contribution in [3.05, 3.63) is 59.2 Å². The molecule has 0 bridgehead atoms. The Bertz CT molecular complexity index is 619. The van der Waals surface area contributed by atoms with Crippen molar-refractivity contribution in [1.29, 1.82) is 0 Å². The van der Waals surface area contributed by atoms with Gasteiger partial charge in [-0.05, 0) is 54.2 Å². The molecule has 20 heavy (non-hydrogen) atoms. The quantitative estimate of drug-likeness (QED) is 0.896. The zero-order valence-corrected chi connectivity index (χ0v) is 12.3. The maximum absolute atomic E-state index is 5.76. The van der Waals surface area contributed by atoms with E-state index in [2.05, 4.69) is 61.2 Å². The molecule has 104 valence electrons. The summed E-state index contributed by atoms with van der Waals surface area (Å²) in [7, 11) is 0. The number of para-hydroxylation sites is 1. The van der Waals surface area contributed by atoms with Gasteiger partial charge in [0.25, 0.3) is 0 Å². The maximum Gasteiger partial charge on any atom is 0.0443 e. The number of fused-ring (bicyclic) bond motifs is 1. The predicted octanol–water partition coefficient (Wildman–Crippen LogP) is 3.78. The van der Waals surface area contributed by atoms with Gasteiger partial charge in [-0.3, -0.25) is 0 Å². The highest BCUT2D eigenvalue weighted by molar-refractivity contribution is 5.68. The molecule has 2 nitrogen and oxygen atoms in total. The van der Waals surface area contributed by atoms with E-state index in [1.165, 1.54) is 34.5 Å². The van der Waals surface area contributed by atoms with E-state index in [0.717, 1.165) is 6.54 Å². The van der Waals surface area contributed by atoms with Gasteiger partial charge in [0.2, 0.25) is 0 Å². The van der Waals surface area contributed by atoms with Crippen molar-refractivity contribution < 1.29 is 0 Å². The first-order valence-corrected chi connectivity index (χ1v) is 7.34. The van der Waals surface area contributed by atoms with Crippen molar-refractivity contribution >= 4 is 11.4 Å². The number of nitrogens with zero attached hydrogens (tertiary/aromatic N) is 1. The zero-order valence-electron chi connectivity index (χ0n) is 12.3. The van der Waals surface area contributed by atoms with E-state index in [1.54, 1.807) is 0 Å². The van der Waals surface area contributed by atoms with Gasteiger partial charge in [0.15, 0.2) is 0 Å². The molecular formula is C18H22N2. The lowest BCUT2D eigenvalue weighted by molar-refractivity contribution is 0.562. The van der Waals surface area contributed by atoms with Crippen LogP contribution in [0.25, 0.3) is 0 Å². The molecule has 0 aliphatic carbocycles. The molecule has 2 aromatic rings. The summed E-state index contributed by atoms with van der Waals surface area (Å²) in [6.07, 6.45) is 1.17. The van der Waals surface area contributed by atoms with Crippen LogP contribution in [0, 0.1) is 12.8 Å². The molecule has 1 aliphatic rings. The van der Waals surface area contributed by atoms with E-state index in [9.17, 15) is 0 Å². The molecule has 2 heteroatoms. The summed E-state index contributed by atoms with van der Waals surface area (Å²) in [6.45, 7) is 6.16. The van der Waals surface area contributed by atoms with E-state index >= 15 is 0 Å². The Morgan fingerprint density at radius 3 is 2.75 bits per heavy atom. The van der Waals surface area contributed by atoms with Crippen LogP contribution in [0.2, 0.25) is 0 Å². The summed E-state index contributed by atoms with van der Waals surface area (Å²) in [5, 5.41) is 0. The fourth-order valence-corrected chi connectivity index (χ4v) is 3.12. The lowest BCUT2D eigenvalue weighted by atomic mass is 9.93. The van der Waals surface area contributed by atoms with Gasteiger partial charge in [0.05, 0.1) is 0 Å². The average Bonchev–Trinajstić information content (AvgIpc) is 2.46. The van der Waals surface area contributed by atoms with Crippen LogP contribution in [0.4, 0.5) is 11.4 Å². The van der Waals surface area contributed by atoms with Crippen LogP contribution in [0.15, 0.2) is 42.5 Å². The van der Waals surface area contributed by atoms with E-state index in [4.69, 9.17) is 5.73 Å². The van der Waals surface area contributed by atoms with Gasteiger partial charge in [-0.2, -0.15) is 0 Å². The standard InChI is InChI=1S/C18H22N2/c1-13-9-15-5-3-4-6-18(15)20(12-13)17-8-7-16(11-19)14(2)10-17/h3-8,10,13H,9,11-12,19H2,1-2H3. The molecule has 0 amide bonds. The second-order valence-corrected chi connectivity index (χ2v) is 5.86. The average molecular weight is 266 g/mol. The highest BCUT2D eigenvalue weighted by Gasteiger charge is 2.22. The molecule has 3 rings (SSSR count). The van der Waals surface area contributed by atoms with E-state index < -0.39 is 0 Å². The van der Waals surface area contributed by atoms with Gasteiger partial charge >= 0.3 is 0 Å². The topological polar surface area (TPSA) is 29.3 Å². The summed E-state index contributed by atoms with van der Waals surface area (Å²) in [5.74, 6) is 0.680. The predicted molar refractivity (Wildman–Crippen MR) is 85.4 cm³/mol. The van der Waals surface area contributed by atoms with Gasteiger partial charge in [0.1, 0.15) is 0 Å². The largest absolute Gasteiger partial charge is 0.341 e. The van der Waals surface area contributed by atoms with E-state index in [1.807, 2.05) is 0 Å². The first-order chi connectivity index (χ1) is 9.69. The van der Waals surface area contributed by atoms with Crippen molar-refractivity contribution in [3.63, 3.8) is 0 Å². The number of aryl methyl sites for hydroxylation is 1. The normalized spacial score (nSPS) is 17.9. The smallest absolute Gasteiger partial charge is 0.0443 e. The number of hydrogen-bond acceptors (Lipinski definition) is 2. The molecule has 0 saturated heterocycles. The minimum Gasteiger partial charge on any atom is -0.341 e. The minimum atomic E-state index is 0.610. The third-order valence-corrected chi connectivity index (χ3v) is 4.20. The third kappa shape index (κ3) is 2.32. The maximum atomic E-state index is 5.76. The van der Waals surface area contributed by atoms with Gasteiger partial charge in [-0.1, -0.05) is 31.2 Å². The van der Waals surface area contributed by atoms with Crippen LogP contribution in [0.1, 0.15) is 23.6 Å². The Hall–Kier alpha value is -1.80. The molecule has 2 N–H and O–H groups in total. The summed E-state index contributed by atoms with van der Waals surface area (Å²) in [4.78, 5) is 2.44. The number of rotatable bonds is 2. The van der Waals surface area contributed by atoms with Crippen LogP contribution < -0.4 is 10.6 Å². The number of benzene rings is 2. The lowest BCUT2D eigenvalue weighted by Crippen LogP contribution is -2.30. The monoisotopic (exact) mass is 266 g/mol. The Kier molecular flexibility index (Phi) is 3.49. The molecule has 1 atom stereocenters. The first kappa shape index (κ1) is 13.2. The van der Waals surface area contributed by atoms with Crippen molar-refractivity contribution in [3.8, 4) is 0 Å².